The summed E-state index contributed by atoms with van der Waals surface area (Å²) in [4.78, 5) is 34.5. The molecule has 194 valence electrons. The average Bonchev–Trinajstić information content (AvgIpc) is 2.86. The fourth-order valence-corrected chi connectivity index (χ4v) is 2.67. The Hall–Kier alpha value is -3.32. The van der Waals surface area contributed by atoms with Crippen LogP contribution in [-0.4, -0.2) is 42.9 Å². The Labute approximate surface area is 211 Å². The normalized spacial score (nSPS) is 11.8. The van der Waals surface area contributed by atoms with Gasteiger partial charge >= 0.3 is 0 Å². The van der Waals surface area contributed by atoms with Crippen molar-refractivity contribution in [2.24, 2.45) is 11.0 Å². The molecule has 7 nitrogen and oxygen atoms in total. The van der Waals surface area contributed by atoms with Crippen LogP contribution >= 0.6 is 0 Å². The molecule has 0 bridgehead atoms. The zero-order chi connectivity index (χ0) is 27.2. The van der Waals surface area contributed by atoms with Gasteiger partial charge in [-0.05, 0) is 57.4 Å². The van der Waals surface area contributed by atoms with Crippen molar-refractivity contribution in [3.8, 4) is 0 Å². The van der Waals surface area contributed by atoms with Crippen LogP contribution in [0.2, 0.25) is 0 Å². The molecule has 0 heterocycles. The molecule has 1 aromatic carbocycles. The van der Waals surface area contributed by atoms with Crippen LogP contribution in [0.4, 0.5) is 0 Å². The first-order valence-electron chi connectivity index (χ1n) is 11.9. The van der Waals surface area contributed by atoms with Crippen LogP contribution in [-0.2, 0) is 9.59 Å². The molecule has 0 aromatic heterocycles. The molecule has 0 fully saturated rings. The van der Waals surface area contributed by atoms with Gasteiger partial charge in [0.15, 0.2) is 0 Å². The summed E-state index contributed by atoms with van der Waals surface area (Å²) in [5, 5.41) is 9.53. The van der Waals surface area contributed by atoms with Gasteiger partial charge in [-0.3, -0.25) is 9.59 Å². The van der Waals surface area contributed by atoms with E-state index >= 15 is 0 Å². The molecular formula is C28H44N4O3. The van der Waals surface area contributed by atoms with E-state index in [4.69, 9.17) is 0 Å². The number of hydrogen-bond acceptors (Lipinski definition) is 5. The third kappa shape index (κ3) is 16.9. The standard InChI is InChI=1S/C16H17NO2.C10H21N3O.C2H6/c1-3-8-13(4-2)11-15(12-18)17-16(19)14-9-6-5-7-10-14;1-7(2)6-9(11-5)10(14)13-12-8(3)4;1-2/h3-10,12,15H,1-2,11H2,(H,17,19);7,9,11H,6H2,1-5H3,(H,13,14);1-2H3/b13-8+;;. The van der Waals surface area contributed by atoms with E-state index in [0.717, 1.165) is 24.0 Å². The minimum absolute atomic E-state index is 0.0672. The predicted octanol–water partition coefficient (Wildman–Crippen LogP) is 4.83. The second kappa shape index (κ2) is 21.2. The molecule has 7 heteroatoms. The molecule has 0 saturated heterocycles. The summed E-state index contributed by atoms with van der Waals surface area (Å²) in [5.41, 5.74) is 4.75. The molecule has 2 atom stereocenters. The third-order valence-electron chi connectivity index (χ3n) is 4.33. The highest BCUT2D eigenvalue weighted by atomic mass is 16.2. The second-order valence-corrected chi connectivity index (χ2v) is 7.97. The monoisotopic (exact) mass is 484 g/mol. The first-order valence-corrected chi connectivity index (χ1v) is 11.9. The summed E-state index contributed by atoms with van der Waals surface area (Å²) < 4.78 is 0. The number of hydrogen-bond donors (Lipinski definition) is 3. The number of likely N-dealkylation sites (N-methyl/N-ethyl adjacent to an activating group) is 1. The maximum atomic E-state index is 11.9. The summed E-state index contributed by atoms with van der Waals surface area (Å²) in [7, 11) is 1.79. The van der Waals surface area contributed by atoms with Crippen LogP contribution in [0, 0.1) is 5.92 Å². The number of aldehydes is 1. The Bertz CT molecular complexity index is 826. The predicted molar refractivity (Wildman–Crippen MR) is 147 cm³/mol. The first-order chi connectivity index (χ1) is 16.7. The molecule has 1 rings (SSSR count). The van der Waals surface area contributed by atoms with Gasteiger partial charge in [-0.2, -0.15) is 5.10 Å². The molecule has 0 aliphatic carbocycles. The average molecular weight is 485 g/mol. The topological polar surface area (TPSA) is 99.7 Å². The number of benzene rings is 1. The van der Waals surface area contributed by atoms with E-state index in [1.165, 1.54) is 0 Å². The third-order valence-corrected chi connectivity index (χ3v) is 4.33. The molecule has 0 spiro atoms. The van der Waals surface area contributed by atoms with E-state index in [9.17, 15) is 14.4 Å². The van der Waals surface area contributed by atoms with Gasteiger partial charge in [-0.1, -0.05) is 77.3 Å². The van der Waals surface area contributed by atoms with E-state index in [1.54, 1.807) is 49.5 Å². The smallest absolute Gasteiger partial charge is 0.257 e. The van der Waals surface area contributed by atoms with Crippen molar-refractivity contribution in [2.75, 3.05) is 7.05 Å². The first kappa shape index (κ1) is 33.9. The quantitative estimate of drug-likeness (QED) is 0.171. The van der Waals surface area contributed by atoms with Crippen LogP contribution in [0.1, 0.15) is 64.7 Å². The Morgan fingerprint density at radius 3 is 2.11 bits per heavy atom. The van der Waals surface area contributed by atoms with E-state index in [0.29, 0.717) is 17.9 Å². The molecule has 2 amide bonds. The highest BCUT2D eigenvalue weighted by Crippen LogP contribution is 2.07. The summed E-state index contributed by atoms with van der Waals surface area (Å²) in [5.74, 6) is 0.159. The van der Waals surface area contributed by atoms with Crippen molar-refractivity contribution >= 4 is 23.8 Å². The largest absolute Gasteiger partial charge is 0.342 e. The lowest BCUT2D eigenvalue weighted by Gasteiger charge is -2.16. The lowest BCUT2D eigenvalue weighted by molar-refractivity contribution is -0.123. The summed E-state index contributed by atoms with van der Waals surface area (Å²) in [6, 6.07) is 8.05. The van der Waals surface area contributed by atoms with Gasteiger partial charge in [0.05, 0.1) is 12.1 Å². The summed E-state index contributed by atoms with van der Waals surface area (Å²) >= 11 is 0. The summed E-state index contributed by atoms with van der Waals surface area (Å²) in [6.45, 7) is 19.1. The SMILES string of the molecule is C=C/C=C(\C=C)CC(C=O)NC(=O)c1ccccc1.CC.CNC(CC(C)C)C(=O)NN=C(C)C. The molecule has 0 aliphatic rings. The maximum Gasteiger partial charge on any atom is 0.257 e. The van der Waals surface area contributed by atoms with Crippen molar-refractivity contribution in [1.82, 2.24) is 16.1 Å². The van der Waals surface area contributed by atoms with Crippen LogP contribution in [0.5, 0.6) is 0 Å². The van der Waals surface area contributed by atoms with Crippen LogP contribution in [0.25, 0.3) is 0 Å². The number of nitrogens with zero attached hydrogens (tertiary/aromatic N) is 1. The zero-order valence-electron chi connectivity index (χ0n) is 22.4. The van der Waals surface area contributed by atoms with E-state index in [1.807, 2.05) is 33.8 Å². The molecule has 0 radical (unpaired) electrons. The number of rotatable bonds is 12. The van der Waals surface area contributed by atoms with Gasteiger partial charge in [0, 0.05) is 11.3 Å². The van der Waals surface area contributed by atoms with Gasteiger partial charge in [-0.25, -0.2) is 5.43 Å². The van der Waals surface area contributed by atoms with Gasteiger partial charge in [-0.15, -0.1) is 0 Å². The van der Waals surface area contributed by atoms with Crippen LogP contribution < -0.4 is 16.1 Å². The minimum Gasteiger partial charge on any atom is -0.342 e. The maximum absolute atomic E-state index is 11.9. The van der Waals surface area contributed by atoms with Crippen molar-refractivity contribution in [2.45, 2.75) is 66.5 Å². The van der Waals surface area contributed by atoms with Crippen molar-refractivity contribution in [1.29, 1.82) is 0 Å². The Morgan fingerprint density at radius 1 is 1.09 bits per heavy atom. The van der Waals surface area contributed by atoms with Gasteiger partial charge in [0.2, 0.25) is 0 Å². The molecule has 2 unspecified atom stereocenters. The highest BCUT2D eigenvalue weighted by Gasteiger charge is 2.17. The minimum atomic E-state index is -0.572. The number of allylic oxidation sites excluding steroid dienone is 3. The molecule has 35 heavy (non-hydrogen) atoms. The Balaban J connectivity index is 0. The number of carbonyl (C=O) groups excluding carboxylic acids is 3. The Kier molecular flexibility index (Phi) is 20.5. The van der Waals surface area contributed by atoms with E-state index in [-0.39, 0.29) is 17.9 Å². The van der Waals surface area contributed by atoms with Crippen molar-refractivity contribution in [3.05, 3.63) is 72.9 Å². The highest BCUT2D eigenvalue weighted by molar-refractivity contribution is 5.95. The number of amides is 2. The number of nitrogens with one attached hydrogen (secondary N) is 3. The fourth-order valence-electron chi connectivity index (χ4n) is 2.67. The Morgan fingerprint density at radius 2 is 1.69 bits per heavy atom. The van der Waals surface area contributed by atoms with Gasteiger partial charge in [0.25, 0.3) is 11.8 Å². The molecule has 0 aliphatic heterocycles. The number of carbonyl (C=O) groups is 3. The van der Waals surface area contributed by atoms with Gasteiger partial charge < -0.3 is 15.4 Å². The molecule has 3 N–H and O–H groups in total. The second-order valence-electron chi connectivity index (χ2n) is 7.97. The molecule has 1 aromatic rings. The van der Waals surface area contributed by atoms with E-state index < -0.39 is 6.04 Å². The zero-order valence-corrected chi connectivity index (χ0v) is 22.4. The van der Waals surface area contributed by atoms with Gasteiger partial charge in [0.1, 0.15) is 6.29 Å². The molecule has 0 saturated carbocycles. The summed E-state index contributed by atoms with van der Waals surface area (Å²) in [6.07, 6.45) is 6.97. The van der Waals surface area contributed by atoms with Crippen LogP contribution in [0.15, 0.2) is 72.4 Å². The van der Waals surface area contributed by atoms with Crippen molar-refractivity contribution in [3.63, 3.8) is 0 Å². The van der Waals surface area contributed by atoms with Crippen LogP contribution in [0.3, 0.4) is 0 Å². The lowest BCUT2D eigenvalue weighted by Crippen LogP contribution is -2.41. The van der Waals surface area contributed by atoms with E-state index in [2.05, 4.69) is 48.2 Å². The fraction of sp³-hybridized carbons (Fsp3) is 0.429. The lowest BCUT2D eigenvalue weighted by atomic mass is 10.0. The molecular weight excluding hydrogens is 440 g/mol. The van der Waals surface area contributed by atoms with Crippen molar-refractivity contribution < 1.29 is 14.4 Å². The number of hydrazone groups is 1.